The molecular weight excluding hydrogens is 360 g/mol. The number of para-hydroxylation sites is 2. The molecule has 0 unspecified atom stereocenters. The van der Waals surface area contributed by atoms with Crippen LogP contribution in [0.15, 0.2) is 79.1 Å². The minimum absolute atomic E-state index is 0.0321. The molecule has 4 aromatic rings. The van der Waals surface area contributed by atoms with Crippen LogP contribution in [0, 0.1) is 0 Å². The predicted octanol–water partition coefficient (Wildman–Crippen LogP) is 4.34. The summed E-state index contributed by atoms with van der Waals surface area (Å²) in [5, 5.41) is 0. The molecule has 146 valence electrons. The van der Waals surface area contributed by atoms with Crippen LogP contribution in [0.3, 0.4) is 0 Å². The van der Waals surface area contributed by atoms with Crippen molar-refractivity contribution in [2.45, 2.75) is 25.9 Å². The summed E-state index contributed by atoms with van der Waals surface area (Å²) in [6, 6.07) is 22.1. The molecule has 0 aliphatic carbocycles. The third-order valence-corrected chi connectivity index (χ3v) is 5.08. The van der Waals surface area contributed by atoms with Crippen molar-refractivity contribution in [1.82, 2.24) is 19.4 Å². The summed E-state index contributed by atoms with van der Waals surface area (Å²) in [5.41, 5.74) is 4.05. The maximum Gasteiger partial charge on any atom is 0.254 e. The van der Waals surface area contributed by atoms with Gasteiger partial charge in [-0.2, -0.15) is 0 Å². The fourth-order valence-corrected chi connectivity index (χ4v) is 3.58. The monoisotopic (exact) mass is 384 g/mol. The van der Waals surface area contributed by atoms with Gasteiger partial charge in [-0.3, -0.25) is 9.78 Å². The standard InChI is InChI=1S/C24H24N4O/c1-27(24(29)20-13-15-25-16-14-20)18-23-26-21-11-5-6-12-22(21)28(23)17-7-10-19-8-3-2-4-9-19/h2-6,8-9,11-16H,7,10,17-18H2,1H3. The zero-order valence-electron chi connectivity index (χ0n) is 16.5. The van der Waals surface area contributed by atoms with Gasteiger partial charge in [-0.05, 0) is 42.7 Å². The lowest BCUT2D eigenvalue weighted by atomic mass is 10.1. The number of imidazole rings is 1. The molecule has 0 saturated heterocycles. The van der Waals surface area contributed by atoms with Crippen molar-refractivity contribution in [2.24, 2.45) is 0 Å². The number of aromatic nitrogens is 3. The Bertz CT molecular complexity index is 1090. The number of amides is 1. The molecule has 0 aliphatic rings. The van der Waals surface area contributed by atoms with Crippen molar-refractivity contribution < 1.29 is 4.79 Å². The minimum atomic E-state index is -0.0321. The van der Waals surface area contributed by atoms with Crippen molar-refractivity contribution in [1.29, 1.82) is 0 Å². The van der Waals surface area contributed by atoms with Gasteiger partial charge in [0, 0.05) is 31.5 Å². The highest BCUT2D eigenvalue weighted by atomic mass is 16.2. The van der Waals surface area contributed by atoms with Crippen LogP contribution in [0.4, 0.5) is 0 Å². The van der Waals surface area contributed by atoms with Crippen molar-refractivity contribution in [3.05, 3.63) is 96.1 Å². The molecule has 4 rings (SSSR count). The maximum atomic E-state index is 12.7. The van der Waals surface area contributed by atoms with E-state index in [1.165, 1.54) is 5.56 Å². The second-order valence-corrected chi connectivity index (χ2v) is 7.15. The van der Waals surface area contributed by atoms with Crippen LogP contribution in [0.2, 0.25) is 0 Å². The van der Waals surface area contributed by atoms with Gasteiger partial charge in [0.15, 0.2) is 0 Å². The van der Waals surface area contributed by atoms with E-state index in [0.29, 0.717) is 12.1 Å². The van der Waals surface area contributed by atoms with E-state index in [1.54, 1.807) is 29.4 Å². The molecule has 29 heavy (non-hydrogen) atoms. The smallest absolute Gasteiger partial charge is 0.254 e. The lowest BCUT2D eigenvalue weighted by Gasteiger charge is -2.18. The number of nitrogens with zero attached hydrogens (tertiary/aromatic N) is 4. The molecule has 0 saturated carbocycles. The normalized spacial score (nSPS) is 10.9. The Balaban J connectivity index is 1.53. The van der Waals surface area contributed by atoms with Gasteiger partial charge in [-0.25, -0.2) is 4.98 Å². The molecule has 0 bridgehead atoms. The fourth-order valence-electron chi connectivity index (χ4n) is 3.58. The molecule has 2 heterocycles. The molecule has 5 nitrogen and oxygen atoms in total. The average Bonchev–Trinajstić information content (AvgIpc) is 3.11. The molecule has 0 radical (unpaired) electrons. The Kier molecular flexibility index (Phi) is 5.66. The van der Waals surface area contributed by atoms with Gasteiger partial charge < -0.3 is 9.47 Å². The molecule has 0 aliphatic heterocycles. The van der Waals surface area contributed by atoms with Crippen molar-refractivity contribution in [3.8, 4) is 0 Å². The first-order valence-electron chi connectivity index (χ1n) is 9.86. The number of hydrogen-bond acceptors (Lipinski definition) is 3. The first-order chi connectivity index (χ1) is 14.2. The highest BCUT2D eigenvalue weighted by Crippen LogP contribution is 2.19. The molecule has 5 heteroatoms. The SMILES string of the molecule is CN(Cc1nc2ccccc2n1CCCc1ccccc1)C(=O)c1ccncc1. The van der Waals surface area contributed by atoms with Gasteiger partial charge in [-0.1, -0.05) is 42.5 Å². The van der Waals surface area contributed by atoms with Crippen molar-refractivity contribution in [3.63, 3.8) is 0 Å². The van der Waals surface area contributed by atoms with Gasteiger partial charge >= 0.3 is 0 Å². The van der Waals surface area contributed by atoms with E-state index in [-0.39, 0.29) is 5.91 Å². The van der Waals surface area contributed by atoms with Gasteiger partial charge in [-0.15, -0.1) is 0 Å². The molecule has 0 spiro atoms. The van der Waals surface area contributed by atoms with E-state index in [2.05, 4.69) is 39.9 Å². The van der Waals surface area contributed by atoms with Gasteiger partial charge in [0.25, 0.3) is 5.91 Å². The molecule has 0 N–H and O–H groups in total. The predicted molar refractivity (Wildman–Crippen MR) is 115 cm³/mol. The first kappa shape index (κ1) is 18.9. The lowest BCUT2D eigenvalue weighted by molar-refractivity contribution is 0.0780. The number of pyridine rings is 1. The molecule has 0 fully saturated rings. The Morgan fingerprint density at radius 3 is 2.48 bits per heavy atom. The van der Waals surface area contributed by atoms with Crippen LogP contribution in [-0.2, 0) is 19.5 Å². The van der Waals surface area contributed by atoms with Crippen LogP contribution >= 0.6 is 0 Å². The van der Waals surface area contributed by atoms with Crippen LogP contribution in [0.5, 0.6) is 0 Å². The van der Waals surface area contributed by atoms with E-state index >= 15 is 0 Å². The average molecular weight is 384 g/mol. The molecule has 0 atom stereocenters. The third kappa shape index (κ3) is 4.35. The highest BCUT2D eigenvalue weighted by Gasteiger charge is 2.16. The Morgan fingerprint density at radius 1 is 0.966 bits per heavy atom. The van der Waals surface area contributed by atoms with Gasteiger partial charge in [0.2, 0.25) is 0 Å². The summed E-state index contributed by atoms with van der Waals surface area (Å²) < 4.78 is 2.24. The summed E-state index contributed by atoms with van der Waals surface area (Å²) in [5.74, 6) is 0.874. The van der Waals surface area contributed by atoms with Crippen molar-refractivity contribution in [2.75, 3.05) is 7.05 Å². The third-order valence-electron chi connectivity index (χ3n) is 5.08. The largest absolute Gasteiger partial charge is 0.334 e. The Morgan fingerprint density at radius 2 is 1.69 bits per heavy atom. The highest BCUT2D eigenvalue weighted by molar-refractivity contribution is 5.93. The second kappa shape index (κ2) is 8.69. The van der Waals surface area contributed by atoms with E-state index in [0.717, 1.165) is 36.2 Å². The number of hydrogen-bond donors (Lipinski definition) is 0. The van der Waals surface area contributed by atoms with E-state index in [9.17, 15) is 4.79 Å². The topological polar surface area (TPSA) is 51.0 Å². The molecule has 2 aromatic carbocycles. The van der Waals surface area contributed by atoms with Crippen LogP contribution in [0.1, 0.15) is 28.2 Å². The number of benzene rings is 2. The number of carbonyl (C=O) groups excluding carboxylic acids is 1. The summed E-state index contributed by atoms with van der Waals surface area (Å²) in [7, 11) is 1.82. The molecule has 2 aromatic heterocycles. The fraction of sp³-hybridized carbons (Fsp3) is 0.208. The Labute approximate surface area is 170 Å². The van der Waals surface area contributed by atoms with E-state index in [1.807, 2.05) is 31.3 Å². The van der Waals surface area contributed by atoms with E-state index in [4.69, 9.17) is 4.98 Å². The summed E-state index contributed by atoms with van der Waals surface area (Å²) >= 11 is 0. The number of fused-ring (bicyclic) bond motifs is 1. The summed E-state index contributed by atoms with van der Waals surface area (Å²) in [6.45, 7) is 1.32. The second-order valence-electron chi connectivity index (χ2n) is 7.15. The van der Waals surface area contributed by atoms with E-state index < -0.39 is 0 Å². The first-order valence-corrected chi connectivity index (χ1v) is 9.86. The minimum Gasteiger partial charge on any atom is -0.334 e. The summed E-state index contributed by atoms with van der Waals surface area (Å²) in [6.07, 6.45) is 5.30. The van der Waals surface area contributed by atoms with Crippen LogP contribution < -0.4 is 0 Å². The quantitative estimate of drug-likeness (QED) is 0.476. The van der Waals surface area contributed by atoms with Crippen LogP contribution in [-0.4, -0.2) is 32.4 Å². The van der Waals surface area contributed by atoms with Crippen LogP contribution in [0.25, 0.3) is 11.0 Å². The van der Waals surface area contributed by atoms with Crippen molar-refractivity contribution >= 4 is 16.9 Å². The number of rotatable bonds is 7. The van der Waals surface area contributed by atoms with Gasteiger partial charge in [0.05, 0.1) is 17.6 Å². The zero-order valence-corrected chi connectivity index (χ0v) is 16.5. The number of aryl methyl sites for hydroxylation is 2. The molecule has 1 amide bonds. The Hall–Kier alpha value is -3.47. The number of carbonyl (C=O) groups is 1. The molecular formula is C24H24N4O. The van der Waals surface area contributed by atoms with Gasteiger partial charge in [0.1, 0.15) is 5.82 Å². The maximum absolute atomic E-state index is 12.7. The zero-order chi connectivity index (χ0) is 20.1. The lowest BCUT2D eigenvalue weighted by Crippen LogP contribution is -2.27. The summed E-state index contributed by atoms with van der Waals surface area (Å²) in [4.78, 5) is 23.2.